The molecule has 0 bridgehead atoms. The van der Waals surface area contributed by atoms with Crippen LogP contribution < -0.4 is 0 Å². The Labute approximate surface area is 98.7 Å². The lowest BCUT2D eigenvalue weighted by atomic mass is 9.81. The molecule has 1 heteroatoms. The quantitative estimate of drug-likeness (QED) is 0.633. The number of alkyl halides is 1. The summed E-state index contributed by atoms with van der Waals surface area (Å²) in [6.45, 7) is 10.9. The molecule has 0 N–H and O–H groups in total. The minimum atomic E-state index is 0.0994. The van der Waals surface area contributed by atoms with Gasteiger partial charge in [-0.2, -0.15) is 0 Å². The molecule has 1 rings (SSSR count). The zero-order valence-corrected chi connectivity index (χ0v) is 11.2. The lowest BCUT2D eigenvalue weighted by molar-refractivity contribution is 0.335. The highest BCUT2D eigenvalue weighted by Gasteiger charge is 2.28. The van der Waals surface area contributed by atoms with E-state index in [2.05, 4.69) is 52.8 Å². The number of aryl methyl sites for hydroxylation is 2. The summed E-state index contributed by atoms with van der Waals surface area (Å²) in [5.41, 5.74) is 4.01. The van der Waals surface area contributed by atoms with Crippen molar-refractivity contribution in [3.05, 3.63) is 34.9 Å². The third kappa shape index (κ3) is 2.75. The van der Waals surface area contributed by atoms with Crippen molar-refractivity contribution in [2.75, 3.05) is 0 Å². The van der Waals surface area contributed by atoms with E-state index in [1.165, 1.54) is 16.7 Å². The van der Waals surface area contributed by atoms with Gasteiger partial charge in [-0.1, -0.05) is 44.5 Å². The van der Waals surface area contributed by atoms with Gasteiger partial charge < -0.3 is 0 Å². The van der Waals surface area contributed by atoms with E-state index in [0.29, 0.717) is 0 Å². The zero-order valence-electron chi connectivity index (χ0n) is 10.4. The van der Waals surface area contributed by atoms with Crippen LogP contribution in [0.15, 0.2) is 18.2 Å². The molecule has 0 fully saturated rings. The SMILES string of the molecule is CCC(C)(C)C(Cl)c1cc(C)ccc1C. The highest BCUT2D eigenvalue weighted by molar-refractivity contribution is 6.21. The highest BCUT2D eigenvalue weighted by Crippen LogP contribution is 2.42. The average Bonchev–Trinajstić information content (AvgIpc) is 2.20. The molecular weight excluding hydrogens is 204 g/mol. The number of benzene rings is 1. The molecule has 0 spiro atoms. The summed E-state index contributed by atoms with van der Waals surface area (Å²) in [5, 5.41) is 0.0994. The molecule has 0 aromatic heterocycles. The first-order chi connectivity index (χ1) is 6.88. The number of hydrogen-bond acceptors (Lipinski definition) is 0. The summed E-state index contributed by atoms with van der Waals surface area (Å²) >= 11 is 6.58. The minimum Gasteiger partial charge on any atom is -0.117 e. The van der Waals surface area contributed by atoms with Crippen LogP contribution in [0.3, 0.4) is 0 Å². The number of rotatable bonds is 3. The van der Waals surface area contributed by atoms with Gasteiger partial charge in [-0.05, 0) is 36.8 Å². The molecule has 0 saturated heterocycles. The van der Waals surface area contributed by atoms with E-state index in [-0.39, 0.29) is 10.8 Å². The Bertz CT molecular complexity index is 339. The largest absolute Gasteiger partial charge is 0.117 e. The Balaban J connectivity index is 3.10. The molecule has 15 heavy (non-hydrogen) atoms. The smallest absolute Gasteiger partial charge is 0.0638 e. The molecule has 1 atom stereocenters. The molecule has 84 valence electrons. The fourth-order valence-electron chi connectivity index (χ4n) is 1.63. The Hall–Kier alpha value is -0.490. The van der Waals surface area contributed by atoms with Gasteiger partial charge in [0.05, 0.1) is 5.38 Å². The first-order valence-corrected chi connectivity index (χ1v) is 6.03. The van der Waals surface area contributed by atoms with Crippen LogP contribution in [0.4, 0.5) is 0 Å². The number of halogens is 1. The summed E-state index contributed by atoms with van der Waals surface area (Å²) in [4.78, 5) is 0. The highest BCUT2D eigenvalue weighted by atomic mass is 35.5. The molecule has 1 unspecified atom stereocenters. The van der Waals surface area contributed by atoms with E-state index >= 15 is 0 Å². The van der Waals surface area contributed by atoms with Crippen molar-refractivity contribution < 1.29 is 0 Å². The maximum atomic E-state index is 6.58. The Morgan fingerprint density at radius 3 is 2.40 bits per heavy atom. The standard InChI is InChI=1S/C14H21Cl/c1-6-14(4,5)13(15)12-9-10(2)7-8-11(12)3/h7-9,13H,6H2,1-5H3. The second kappa shape index (κ2) is 4.57. The van der Waals surface area contributed by atoms with E-state index in [9.17, 15) is 0 Å². The summed E-state index contributed by atoms with van der Waals surface area (Å²) in [6, 6.07) is 6.51. The van der Waals surface area contributed by atoms with E-state index in [1.807, 2.05) is 0 Å². The van der Waals surface area contributed by atoms with Crippen LogP contribution in [0.25, 0.3) is 0 Å². The van der Waals surface area contributed by atoms with E-state index < -0.39 is 0 Å². The van der Waals surface area contributed by atoms with E-state index in [0.717, 1.165) is 6.42 Å². The zero-order chi connectivity index (χ0) is 11.6. The molecular formula is C14H21Cl. The minimum absolute atomic E-state index is 0.0994. The van der Waals surface area contributed by atoms with E-state index in [4.69, 9.17) is 11.6 Å². The maximum Gasteiger partial charge on any atom is 0.0638 e. The molecule has 0 aliphatic heterocycles. The molecule has 0 radical (unpaired) electrons. The van der Waals surface area contributed by atoms with Gasteiger partial charge in [-0.25, -0.2) is 0 Å². The maximum absolute atomic E-state index is 6.58. The third-order valence-electron chi connectivity index (χ3n) is 3.31. The lowest BCUT2D eigenvalue weighted by Gasteiger charge is -2.30. The van der Waals surface area contributed by atoms with Gasteiger partial charge in [0, 0.05) is 0 Å². The fourth-order valence-corrected chi connectivity index (χ4v) is 2.02. The van der Waals surface area contributed by atoms with Gasteiger partial charge >= 0.3 is 0 Å². The monoisotopic (exact) mass is 224 g/mol. The predicted octanol–water partition coefficient (Wildman–Crippen LogP) is 5.02. The van der Waals surface area contributed by atoms with Crippen LogP contribution in [0.5, 0.6) is 0 Å². The second-order valence-electron chi connectivity index (χ2n) is 5.06. The van der Waals surface area contributed by atoms with E-state index in [1.54, 1.807) is 0 Å². The van der Waals surface area contributed by atoms with Gasteiger partial charge in [0.15, 0.2) is 0 Å². The molecule has 1 aromatic carbocycles. The third-order valence-corrected chi connectivity index (χ3v) is 4.13. The molecule has 0 aliphatic carbocycles. The van der Waals surface area contributed by atoms with Crippen molar-refractivity contribution in [3.63, 3.8) is 0 Å². The van der Waals surface area contributed by atoms with Crippen LogP contribution in [-0.2, 0) is 0 Å². The van der Waals surface area contributed by atoms with Crippen molar-refractivity contribution >= 4 is 11.6 Å². The Kier molecular flexibility index (Phi) is 3.83. The fraction of sp³-hybridized carbons (Fsp3) is 0.571. The van der Waals surface area contributed by atoms with Gasteiger partial charge in [0.25, 0.3) is 0 Å². The van der Waals surface area contributed by atoms with Crippen molar-refractivity contribution in [1.29, 1.82) is 0 Å². The molecule has 0 heterocycles. The van der Waals surface area contributed by atoms with Crippen molar-refractivity contribution in [2.24, 2.45) is 5.41 Å². The number of hydrogen-bond donors (Lipinski definition) is 0. The van der Waals surface area contributed by atoms with Gasteiger partial charge in [0.1, 0.15) is 0 Å². The topological polar surface area (TPSA) is 0 Å². The lowest BCUT2D eigenvalue weighted by Crippen LogP contribution is -2.17. The predicted molar refractivity (Wildman–Crippen MR) is 68.6 cm³/mol. The van der Waals surface area contributed by atoms with Gasteiger partial charge in [0.2, 0.25) is 0 Å². The molecule has 0 nitrogen and oxygen atoms in total. The van der Waals surface area contributed by atoms with Crippen molar-refractivity contribution in [3.8, 4) is 0 Å². The average molecular weight is 225 g/mol. The van der Waals surface area contributed by atoms with Crippen LogP contribution in [-0.4, -0.2) is 0 Å². The summed E-state index contributed by atoms with van der Waals surface area (Å²) in [7, 11) is 0. The van der Waals surface area contributed by atoms with Crippen LogP contribution >= 0.6 is 11.6 Å². The summed E-state index contributed by atoms with van der Waals surface area (Å²) < 4.78 is 0. The first-order valence-electron chi connectivity index (χ1n) is 5.59. The van der Waals surface area contributed by atoms with Crippen molar-refractivity contribution in [2.45, 2.75) is 46.4 Å². The Morgan fingerprint density at radius 2 is 1.87 bits per heavy atom. The van der Waals surface area contributed by atoms with Crippen LogP contribution in [0, 0.1) is 19.3 Å². The van der Waals surface area contributed by atoms with Crippen LogP contribution in [0.2, 0.25) is 0 Å². The Morgan fingerprint density at radius 1 is 1.27 bits per heavy atom. The summed E-state index contributed by atoms with van der Waals surface area (Å²) in [6.07, 6.45) is 1.09. The first kappa shape index (κ1) is 12.6. The van der Waals surface area contributed by atoms with Gasteiger partial charge in [-0.15, -0.1) is 11.6 Å². The van der Waals surface area contributed by atoms with Gasteiger partial charge in [-0.3, -0.25) is 0 Å². The molecule has 1 aromatic rings. The van der Waals surface area contributed by atoms with Crippen molar-refractivity contribution in [1.82, 2.24) is 0 Å². The molecule has 0 saturated carbocycles. The van der Waals surface area contributed by atoms with Crippen LogP contribution in [0.1, 0.15) is 49.3 Å². The molecule has 0 aliphatic rings. The molecule has 0 amide bonds. The second-order valence-corrected chi connectivity index (χ2v) is 5.50. The summed E-state index contributed by atoms with van der Waals surface area (Å²) in [5.74, 6) is 0. The normalized spacial score (nSPS) is 14.0.